The van der Waals surface area contributed by atoms with E-state index in [-0.39, 0.29) is 5.91 Å². The van der Waals surface area contributed by atoms with E-state index in [1.165, 1.54) is 6.33 Å². The van der Waals surface area contributed by atoms with Crippen molar-refractivity contribution in [3.8, 4) is 0 Å². The van der Waals surface area contributed by atoms with Crippen molar-refractivity contribution in [2.24, 2.45) is 7.05 Å². The van der Waals surface area contributed by atoms with Crippen LogP contribution in [0, 0.1) is 0 Å². The molecule has 1 amide bonds. The number of aromatic amines is 1. The lowest BCUT2D eigenvalue weighted by atomic mass is 10.1. The normalized spacial score (nSPS) is 10.8. The van der Waals surface area contributed by atoms with Gasteiger partial charge in [0.1, 0.15) is 12.2 Å². The van der Waals surface area contributed by atoms with Crippen LogP contribution in [0.3, 0.4) is 0 Å². The smallest absolute Gasteiger partial charge is 0.253 e. The number of amides is 1. The van der Waals surface area contributed by atoms with E-state index in [9.17, 15) is 4.79 Å². The fraction of sp³-hybridized carbons (Fsp3) is 0.214. The third kappa shape index (κ3) is 2.27. The van der Waals surface area contributed by atoms with Crippen LogP contribution in [0.5, 0.6) is 0 Å². The van der Waals surface area contributed by atoms with Gasteiger partial charge in [-0.3, -0.25) is 9.89 Å². The SMILES string of the molecule is Cn1cc(C(=O)NCCc2ncn[nH]2)c2ccccc21. The van der Waals surface area contributed by atoms with Gasteiger partial charge in [0, 0.05) is 37.1 Å². The molecule has 3 aromatic rings. The van der Waals surface area contributed by atoms with Crippen molar-refractivity contribution in [1.82, 2.24) is 25.1 Å². The van der Waals surface area contributed by atoms with Crippen LogP contribution in [0.25, 0.3) is 10.9 Å². The molecular formula is C14H15N5O. The number of rotatable bonds is 4. The highest BCUT2D eigenvalue weighted by Gasteiger charge is 2.12. The van der Waals surface area contributed by atoms with Gasteiger partial charge in [-0.05, 0) is 6.07 Å². The predicted octanol–water partition coefficient (Wildman–Crippen LogP) is 1.27. The van der Waals surface area contributed by atoms with Gasteiger partial charge >= 0.3 is 0 Å². The average molecular weight is 269 g/mol. The van der Waals surface area contributed by atoms with E-state index in [4.69, 9.17) is 0 Å². The number of hydrogen-bond donors (Lipinski definition) is 2. The summed E-state index contributed by atoms with van der Waals surface area (Å²) in [6.07, 6.45) is 3.95. The molecule has 1 aromatic carbocycles. The van der Waals surface area contributed by atoms with E-state index in [1.54, 1.807) is 0 Å². The van der Waals surface area contributed by atoms with Crippen LogP contribution in [-0.4, -0.2) is 32.2 Å². The van der Waals surface area contributed by atoms with Crippen molar-refractivity contribution >= 4 is 16.8 Å². The molecule has 0 saturated heterocycles. The van der Waals surface area contributed by atoms with Gasteiger partial charge in [-0.1, -0.05) is 18.2 Å². The Balaban J connectivity index is 1.72. The summed E-state index contributed by atoms with van der Waals surface area (Å²) < 4.78 is 1.96. The Kier molecular flexibility index (Phi) is 3.20. The minimum absolute atomic E-state index is 0.0682. The molecule has 0 atom stereocenters. The molecule has 0 aliphatic heterocycles. The van der Waals surface area contributed by atoms with Gasteiger partial charge < -0.3 is 9.88 Å². The third-order valence-electron chi connectivity index (χ3n) is 3.25. The number of aryl methyl sites for hydroxylation is 1. The number of H-pyrrole nitrogens is 1. The van der Waals surface area contributed by atoms with Crippen LogP contribution >= 0.6 is 0 Å². The number of hydrogen-bond acceptors (Lipinski definition) is 3. The molecule has 0 bridgehead atoms. The van der Waals surface area contributed by atoms with Crippen molar-refractivity contribution in [2.45, 2.75) is 6.42 Å². The first kappa shape index (κ1) is 12.4. The molecule has 20 heavy (non-hydrogen) atoms. The third-order valence-corrected chi connectivity index (χ3v) is 3.25. The molecular weight excluding hydrogens is 254 g/mol. The molecule has 0 aliphatic rings. The second-order valence-electron chi connectivity index (χ2n) is 4.61. The first-order valence-electron chi connectivity index (χ1n) is 6.42. The summed E-state index contributed by atoms with van der Waals surface area (Å²) in [5, 5.41) is 10.4. The number of benzene rings is 1. The molecule has 2 heterocycles. The number of nitrogens with zero attached hydrogens (tertiary/aromatic N) is 3. The lowest BCUT2D eigenvalue weighted by Gasteiger charge is -2.02. The summed E-state index contributed by atoms with van der Waals surface area (Å²) in [6.45, 7) is 0.525. The second-order valence-corrected chi connectivity index (χ2v) is 4.61. The van der Waals surface area contributed by atoms with Gasteiger partial charge in [0.15, 0.2) is 0 Å². The van der Waals surface area contributed by atoms with Crippen molar-refractivity contribution in [3.05, 3.63) is 48.2 Å². The lowest BCUT2D eigenvalue weighted by Crippen LogP contribution is -2.25. The molecule has 3 rings (SSSR count). The van der Waals surface area contributed by atoms with Crippen LogP contribution < -0.4 is 5.32 Å². The summed E-state index contributed by atoms with van der Waals surface area (Å²) in [5.74, 6) is 0.699. The zero-order chi connectivity index (χ0) is 13.9. The summed E-state index contributed by atoms with van der Waals surface area (Å²) in [7, 11) is 1.94. The molecule has 0 aliphatic carbocycles. The largest absolute Gasteiger partial charge is 0.352 e. The maximum Gasteiger partial charge on any atom is 0.253 e. The minimum atomic E-state index is -0.0682. The number of nitrogens with one attached hydrogen (secondary N) is 2. The zero-order valence-corrected chi connectivity index (χ0v) is 11.1. The van der Waals surface area contributed by atoms with E-state index in [0.29, 0.717) is 18.5 Å². The molecule has 0 saturated carbocycles. The van der Waals surface area contributed by atoms with E-state index in [1.807, 2.05) is 42.1 Å². The van der Waals surface area contributed by atoms with Gasteiger partial charge in [-0.25, -0.2) is 4.98 Å². The molecule has 2 N–H and O–H groups in total. The van der Waals surface area contributed by atoms with Crippen LogP contribution in [0.2, 0.25) is 0 Å². The number of para-hydroxylation sites is 1. The highest BCUT2D eigenvalue weighted by Crippen LogP contribution is 2.19. The Morgan fingerprint density at radius 3 is 3.05 bits per heavy atom. The molecule has 6 heteroatoms. The Bertz CT molecular complexity index is 729. The predicted molar refractivity (Wildman–Crippen MR) is 75.3 cm³/mol. The van der Waals surface area contributed by atoms with Crippen LogP contribution in [0.4, 0.5) is 0 Å². The number of carbonyl (C=O) groups excluding carboxylic acids is 1. The van der Waals surface area contributed by atoms with Crippen LogP contribution in [0.1, 0.15) is 16.2 Å². The summed E-state index contributed by atoms with van der Waals surface area (Å²) in [6, 6.07) is 7.86. The number of fused-ring (bicyclic) bond motifs is 1. The standard InChI is InChI=1S/C14H15N5O/c1-19-8-11(10-4-2-3-5-12(10)19)14(20)15-7-6-13-16-9-17-18-13/h2-5,8-9H,6-7H2,1H3,(H,15,20)(H,16,17,18). The zero-order valence-electron chi connectivity index (χ0n) is 11.1. The number of carbonyl (C=O) groups is 1. The fourth-order valence-electron chi connectivity index (χ4n) is 2.26. The topological polar surface area (TPSA) is 75.6 Å². The van der Waals surface area contributed by atoms with Gasteiger partial charge in [-0.2, -0.15) is 5.10 Å². The van der Waals surface area contributed by atoms with E-state index >= 15 is 0 Å². The monoisotopic (exact) mass is 269 g/mol. The van der Waals surface area contributed by atoms with Crippen molar-refractivity contribution < 1.29 is 4.79 Å². The van der Waals surface area contributed by atoms with Crippen molar-refractivity contribution in [1.29, 1.82) is 0 Å². The molecule has 6 nitrogen and oxygen atoms in total. The summed E-state index contributed by atoms with van der Waals surface area (Å²) in [5.41, 5.74) is 1.74. The lowest BCUT2D eigenvalue weighted by molar-refractivity contribution is 0.0955. The van der Waals surface area contributed by atoms with Gasteiger partial charge in [0.25, 0.3) is 5.91 Å². The maximum absolute atomic E-state index is 12.2. The van der Waals surface area contributed by atoms with E-state index in [2.05, 4.69) is 20.5 Å². The van der Waals surface area contributed by atoms with Gasteiger partial charge in [-0.15, -0.1) is 0 Å². The Hall–Kier alpha value is -2.63. The quantitative estimate of drug-likeness (QED) is 0.749. The fourth-order valence-corrected chi connectivity index (χ4v) is 2.26. The Morgan fingerprint density at radius 1 is 1.40 bits per heavy atom. The Morgan fingerprint density at radius 2 is 2.25 bits per heavy atom. The van der Waals surface area contributed by atoms with Crippen molar-refractivity contribution in [3.63, 3.8) is 0 Å². The van der Waals surface area contributed by atoms with Crippen molar-refractivity contribution in [2.75, 3.05) is 6.54 Å². The average Bonchev–Trinajstić information content (AvgIpc) is 3.08. The molecule has 0 unspecified atom stereocenters. The maximum atomic E-state index is 12.2. The molecule has 102 valence electrons. The first-order valence-corrected chi connectivity index (χ1v) is 6.42. The van der Waals surface area contributed by atoms with Crippen LogP contribution in [-0.2, 0) is 13.5 Å². The van der Waals surface area contributed by atoms with Crippen LogP contribution in [0.15, 0.2) is 36.8 Å². The molecule has 0 radical (unpaired) electrons. The minimum Gasteiger partial charge on any atom is -0.352 e. The highest BCUT2D eigenvalue weighted by molar-refractivity contribution is 6.06. The van der Waals surface area contributed by atoms with E-state index < -0.39 is 0 Å². The van der Waals surface area contributed by atoms with E-state index in [0.717, 1.165) is 16.7 Å². The molecule has 2 aromatic heterocycles. The Labute approximate surface area is 115 Å². The second kappa shape index (κ2) is 5.16. The van der Waals surface area contributed by atoms with Gasteiger partial charge in [0.2, 0.25) is 0 Å². The summed E-state index contributed by atoms with van der Waals surface area (Å²) in [4.78, 5) is 16.2. The summed E-state index contributed by atoms with van der Waals surface area (Å²) >= 11 is 0. The first-order chi connectivity index (χ1) is 9.75. The molecule has 0 fully saturated rings. The van der Waals surface area contributed by atoms with Gasteiger partial charge in [0.05, 0.1) is 5.56 Å². The number of aromatic nitrogens is 4. The molecule has 0 spiro atoms. The highest BCUT2D eigenvalue weighted by atomic mass is 16.1.